The molecular formula is C13H16N2O. The summed E-state index contributed by atoms with van der Waals surface area (Å²) in [5, 5.41) is 8.61. The molecule has 3 heteroatoms. The van der Waals surface area contributed by atoms with Crippen molar-refractivity contribution in [2.24, 2.45) is 5.92 Å². The SMILES string of the molecule is N#Cc1ccc(OCC2CCCCC2)cn1. The molecular weight excluding hydrogens is 200 g/mol. The van der Waals surface area contributed by atoms with Gasteiger partial charge in [0.05, 0.1) is 12.8 Å². The third-order valence-corrected chi connectivity index (χ3v) is 3.06. The summed E-state index contributed by atoms with van der Waals surface area (Å²) in [5.74, 6) is 1.47. The van der Waals surface area contributed by atoms with Crippen LogP contribution in [-0.4, -0.2) is 11.6 Å². The number of nitrogens with zero attached hydrogens (tertiary/aromatic N) is 2. The minimum Gasteiger partial charge on any atom is -0.492 e. The smallest absolute Gasteiger partial charge is 0.140 e. The van der Waals surface area contributed by atoms with Gasteiger partial charge in [-0.05, 0) is 30.9 Å². The minimum atomic E-state index is 0.435. The van der Waals surface area contributed by atoms with Crippen LogP contribution in [0.2, 0.25) is 0 Å². The van der Waals surface area contributed by atoms with Crippen molar-refractivity contribution >= 4 is 0 Å². The zero-order valence-electron chi connectivity index (χ0n) is 9.35. The van der Waals surface area contributed by atoms with E-state index in [0.29, 0.717) is 11.6 Å². The van der Waals surface area contributed by atoms with Gasteiger partial charge in [-0.25, -0.2) is 4.98 Å². The number of rotatable bonds is 3. The van der Waals surface area contributed by atoms with Crippen molar-refractivity contribution in [3.8, 4) is 11.8 Å². The topological polar surface area (TPSA) is 45.9 Å². The van der Waals surface area contributed by atoms with Crippen molar-refractivity contribution in [2.75, 3.05) is 6.61 Å². The first-order valence-electron chi connectivity index (χ1n) is 5.87. The molecule has 0 bridgehead atoms. The van der Waals surface area contributed by atoms with Gasteiger partial charge in [0, 0.05) is 0 Å². The van der Waals surface area contributed by atoms with Crippen molar-refractivity contribution in [3.63, 3.8) is 0 Å². The van der Waals surface area contributed by atoms with E-state index in [9.17, 15) is 0 Å². The monoisotopic (exact) mass is 216 g/mol. The normalized spacial score (nSPS) is 16.7. The second kappa shape index (κ2) is 5.50. The van der Waals surface area contributed by atoms with Crippen LogP contribution in [0.1, 0.15) is 37.8 Å². The lowest BCUT2D eigenvalue weighted by molar-refractivity contribution is 0.208. The molecule has 1 aromatic heterocycles. The number of pyridine rings is 1. The fourth-order valence-electron chi connectivity index (χ4n) is 2.10. The molecule has 0 unspecified atom stereocenters. The molecule has 16 heavy (non-hydrogen) atoms. The number of hydrogen-bond acceptors (Lipinski definition) is 3. The predicted molar refractivity (Wildman–Crippen MR) is 61.0 cm³/mol. The summed E-state index contributed by atoms with van der Waals surface area (Å²) in [5.41, 5.74) is 0.435. The van der Waals surface area contributed by atoms with Crippen LogP contribution in [0, 0.1) is 17.2 Å². The highest BCUT2D eigenvalue weighted by Gasteiger charge is 2.13. The van der Waals surface area contributed by atoms with Crippen molar-refractivity contribution in [1.82, 2.24) is 4.98 Å². The summed E-state index contributed by atoms with van der Waals surface area (Å²) in [7, 11) is 0. The van der Waals surface area contributed by atoms with E-state index in [1.54, 1.807) is 12.3 Å². The molecule has 0 aromatic carbocycles. The van der Waals surface area contributed by atoms with Crippen LogP contribution in [-0.2, 0) is 0 Å². The molecule has 1 heterocycles. The second-order valence-corrected chi connectivity index (χ2v) is 4.31. The van der Waals surface area contributed by atoms with Crippen LogP contribution in [0.15, 0.2) is 18.3 Å². The van der Waals surface area contributed by atoms with E-state index in [0.717, 1.165) is 12.4 Å². The van der Waals surface area contributed by atoms with Crippen LogP contribution in [0.25, 0.3) is 0 Å². The third-order valence-electron chi connectivity index (χ3n) is 3.06. The van der Waals surface area contributed by atoms with Crippen molar-refractivity contribution in [1.29, 1.82) is 5.26 Å². The molecule has 84 valence electrons. The van der Waals surface area contributed by atoms with E-state index in [1.807, 2.05) is 12.1 Å². The van der Waals surface area contributed by atoms with Gasteiger partial charge >= 0.3 is 0 Å². The van der Waals surface area contributed by atoms with Crippen molar-refractivity contribution in [3.05, 3.63) is 24.0 Å². The Morgan fingerprint density at radius 3 is 2.75 bits per heavy atom. The second-order valence-electron chi connectivity index (χ2n) is 4.31. The van der Waals surface area contributed by atoms with Crippen molar-refractivity contribution in [2.45, 2.75) is 32.1 Å². The quantitative estimate of drug-likeness (QED) is 0.780. The van der Waals surface area contributed by atoms with Crippen LogP contribution < -0.4 is 4.74 Å². The Kier molecular flexibility index (Phi) is 3.76. The molecule has 1 fully saturated rings. The van der Waals surface area contributed by atoms with Gasteiger partial charge in [0.15, 0.2) is 0 Å². The van der Waals surface area contributed by atoms with Crippen LogP contribution in [0.4, 0.5) is 0 Å². The molecule has 1 saturated carbocycles. The van der Waals surface area contributed by atoms with Gasteiger partial charge in [-0.15, -0.1) is 0 Å². The largest absolute Gasteiger partial charge is 0.492 e. The zero-order chi connectivity index (χ0) is 11.2. The Labute approximate surface area is 96.1 Å². The van der Waals surface area contributed by atoms with Crippen molar-refractivity contribution < 1.29 is 4.74 Å². The molecule has 0 amide bonds. The molecule has 0 radical (unpaired) electrons. The maximum Gasteiger partial charge on any atom is 0.140 e. The van der Waals surface area contributed by atoms with E-state index in [4.69, 9.17) is 10.00 Å². The first-order valence-corrected chi connectivity index (χ1v) is 5.87. The standard InChI is InChI=1S/C13H16N2O/c14-8-12-6-7-13(9-15-12)16-10-11-4-2-1-3-5-11/h6-7,9,11H,1-5,10H2. The molecule has 0 aliphatic heterocycles. The van der Waals surface area contributed by atoms with E-state index in [2.05, 4.69) is 4.98 Å². The highest BCUT2D eigenvalue weighted by Crippen LogP contribution is 2.24. The summed E-state index contributed by atoms with van der Waals surface area (Å²) in [4.78, 5) is 3.97. The Hall–Kier alpha value is -1.56. The summed E-state index contributed by atoms with van der Waals surface area (Å²) >= 11 is 0. The highest BCUT2D eigenvalue weighted by molar-refractivity contribution is 5.26. The molecule has 0 spiro atoms. The number of hydrogen-bond donors (Lipinski definition) is 0. The predicted octanol–water partition coefficient (Wildman–Crippen LogP) is 2.91. The number of ether oxygens (including phenoxy) is 1. The van der Waals surface area contributed by atoms with E-state index in [-0.39, 0.29) is 0 Å². The van der Waals surface area contributed by atoms with Gasteiger partial charge in [-0.1, -0.05) is 19.3 Å². The van der Waals surface area contributed by atoms with Crippen LogP contribution in [0.3, 0.4) is 0 Å². The number of aromatic nitrogens is 1. The fraction of sp³-hybridized carbons (Fsp3) is 0.538. The van der Waals surface area contributed by atoms with Gasteiger partial charge in [0.25, 0.3) is 0 Å². The summed E-state index contributed by atoms with van der Waals surface area (Å²) in [6.45, 7) is 0.785. The summed E-state index contributed by atoms with van der Waals surface area (Å²) in [6.07, 6.45) is 8.23. The van der Waals surface area contributed by atoms with Gasteiger partial charge in [-0.2, -0.15) is 5.26 Å². The average Bonchev–Trinajstić information content (AvgIpc) is 2.38. The summed E-state index contributed by atoms with van der Waals surface area (Å²) < 4.78 is 5.67. The van der Waals surface area contributed by atoms with E-state index < -0.39 is 0 Å². The average molecular weight is 216 g/mol. The Morgan fingerprint density at radius 1 is 1.31 bits per heavy atom. The van der Waals surface area contributed by atoms with Gasteiger partial charge in [0.1, 0.15) is 17.5 Å². The van der Waals surface area contributed by atoms with E-state index in [1.165, 1.54) is 32.1 Å². The molecule has 1 aromatic rings. The molecule has 2 rings (SSSR count). The molecule has 1 aliphatic rings. The Balaban J connectivity index is 1.82. The number of nitriles is 1. The Morgan fingerprint density at radius 2 is 2.12 bits per heavy atom. The van der Waals surface area contributed by atoms with Crippen LogP contribution >= 0.6 is 0 Å². The Bertz CT molecular complexity index is 361. The summed E-state index contributed by atoms with van der Waals surface area (Å²) in [6, 6.07) is 5.50. The molecule has 3 nitrogen and oxygen atoms in total. The molecule has 0 N–H and O–H groups in total. The zero-order valence-corrected chi connectivity index (χ0v) is 9.35. The minimum absolute atomic E-state index is 0.435. The van der Waals surface area contributed by atoms with E-state index >= 15 is 0 Å². The van der Waals surface area contributed by atoms with Gasteiger partial charge < -0.3 is 4.74 Å². The molecule has 1 aliphatic carbocycles. The van der Waals surface area contributed by atoms with Gasteiger partial charge in [-0.3, -0.25) is 0 Å². The maximum atomic E-state index is 8.61. The first-order chi connectivity index (χ1) is 7.88. The molecule has 0 saturated heterocycles. The van der Waals surface area contributed by atoms with Gasteiger partial charge in [0.2, 0.25) is 0 Å². The fourth-order valence-corrected chi connectivity index (χ4v) is 2.10. The lowest BCUT2D eigenvalue weighted by atomic mass is 9.90. The lowest BCUT2D eigenvalue weighted by Gasteiger charge is -2.21. The van der Waals surface area contributed by atoms with Crippen LogP contribution in [0.5, 0.6) is 5.75 Å². The molecule has 0 atom stereocenters. The third kappa shape index (κ3) is 2.96. The lowest BCUT2D eigenvalue weighted by Crippen LogP contribution is -2.15. The first kappa shape index (κ1) is 10.9. The highest BCUT2D eigenvalue weighted by atomic mass is 16.5. The maximum absolute atomic E-state index is 8.61.